The van der Waals surface area contributed by atoms with Crippen LogP contribution >= 0.6 is 11.3 Å². The van der Waals surface area contributed by atoms with Crippen molar-refractivity contribution in [2.24, 2.45) is 0 Å². The van der Waals surface area contributed by atoms with Gasteiger partial charge in [0.25, 0.3) is 0 Å². The summed E-state index contributed by atoms with van der Waals surface area (Å²) in [4.78, 5) is 22.3. The predicted octanol–water partition coefficient (Wildman–Crippen LogP) is 5.26. The molecule has 0 aliphatic carbocycles. The number of hydrogen-bond donors (Lipinski definition) is 2. The Morgan fingerprint density at radius 3 is 2.42 bits per heavy atom. The van der Waals surface area contributed by atoms with Gasteiger partial charge in [-0.1, -0.05) is 12.1 Å². The Balaban J connectivity index is 1.90. The molecule has 4 rings (SSSR count). The molecule has 0 saturated carbocycles. The molecule has 0 fully saturated rings. The lowest BCUT2D eigenvalue weighted by atomic mass is 10.0. The number of methoxy groups -OCH3 is 2. The monoisotopic (exact) mass is 439 g/mol. The van der Waals surface area contributed by atoms with Gasteiger partial charge in [0.15, 0.2) is 11.5 Å². The number of nitrogens with one attached hydrogen (secondary N) is 1. The van der Waals surface area contributed by atoms with Gasteiger partial charge in [0.1, 0.15) is 22.8 Å². The van der Waals surface area contributed by atoms with Crippen LogP contribution in [0.15, 0.2) is 42.7 Å². The Labute approximate surface area is 181 Å². The van der Waals surface area contributed by atoms with Crippen LogP contribution in [-0.2, 0) is 0 Å². The number of rotatable bonds is 6. The molecule has 0 radical (unpaired) electrons. The Kier molecular flexibility index (Phi) is 5.43. The predicted molar refractivity (Wildman–Crippen MR) is 117 cm³/mol. The first-order chi connectivity index (χ1) is 14.9. The number of thiophene rings is 1. The highest BCUT2D eigenvalue weighted by molar-refractivity contribution is 7.19. The number of benzene rings is 2. The van der Waals surface area contributed by atoms with Gasteiger partial charge >= 0.3 is 5.97 Å². The van der Waals surface area contributed by atoms with Crippen molar-refractivity contribution < 1.29 is 23.8 Å². The molecule has 2 N–H and O–H groups in total. The number of carboxylic acid groups (broad SMARTS) is 1. The van der Waals surface area contributed by atoms with Crippen molar-refractivity contribution in [1.82, 2.24) is 9.97 Å². The Morgan fingerprint density at radius 2 is 1.77 bits per heavy atom. The van der Waals surface area contributed by atoms with E-state index < -0.39 is 5.97 Å². The normalized spacial score (nSPS) is 10.8. The van der Waals surface area contributed by atoms with Gasteiger partial charge in [-0.3, -0.25) is 0 Å². The quantitative estimate of drug-likeness (QED) is 0.423. The molecule has 7 nitrogen and oxygen atoms in total. The Bertz CT molecular complexity index is 1290. The van der Waals surface area contributed by atoms with Crippen molar-refractivity contribution >= 4 is 39.0 Å². The maximum Gasteiger partial charge on any atom is 0.337 e. The standard InChI is InChI=1S/C22H18FN3O4S/c1-11-18(12-4-6-13(23)7-5-12)19-20(24-10-25-21(19)31-11)26-15-9-17(30-3)16(29-2)8-14(15)22(27)28/h4-10H,1-3H3,(H,27,28)(H,24,25,26). The maximum atomic E-state index is 13.5. The summed E-state index contributed by atoms with van der Waals surface area (Å²) in [6.45, 7) is 1.95. The summed E-state index contributed by atoms with van der Waals surface area (Å²) >= 11 is 1.48. The van der Waals surface area contributed by atoms with E-state index in [4.69, 9.17) is 9.47 Å². The number of aromatic carboxylic acids is 1. The van der Waals surface area contributed by atoms with Crippen LogP contribution in [0.1, 0.15) is 15.2 Å². The zero-order valence-electron chi connectivity index (χ0n) is 16.9. The van der Waals surface area contributed by atoms with E-state index in [1.54, 1.807) is 18.2 Å². The van der Waals surface area contributed by atoms with Crippen molar-refractivity contribution in [3.8, 4) is 22.6 Å². The number of aromatic nitrogens is 2. The van der Waals surface area contributed by atoms with E-state index in [0.717, 1.165) is 26.2 Å². The Hall–Kier alpha value is -3.72. The van der Waals surface area contributed by atoms with E-state index in [1.807, 2.05) is 6.92 Å². The van der Waals surface area contributed by atoms with Crippen LogP contribution in [0.2, 0.25) is 0 Å². The molecule has 2 aromatic heterocycles. The molecule has 0 saturated heterocycles. The first kappa shape index (κ1) is 20.5. The van der Waals surface area contributed by atoms with Crippen LogP contribution in [0, 0.1) is 12.7 Å². The van der Waals surface area contributed by atoms with Crippen LogP contribution in [0.3, 0.4) is 0 Å². The average molecular weight is 439 g/mol. The minimum atomic E-state index is -1.13. The van der Waals surface area contributed by atoms with Gasteiger partial charge < -0.3 is 19.9 Å². The number of anilines is 2. The molecule has 0 spiro atoms. The van der Waals surface area contributed by atoms with Crippen molar-refractivity contribution in [2.75, 3.05) is 19.5 Å². The zero-order valence-corrected chi connectivity index (χ0v) is 17.7. The van der Waals surface area contributed by atoms with Crippen LogP contribution in [-0.4, -0.2) is 35.3 Å². The third-order valence-corrected chi connectivity index (χ3v) is 5.82. The molecule has 2 aromatic carbocycles. The molecular weight excluding hydrogens is 421 g/mol. The summed E-state index contributed by atoms with van der Waals surface area (Å²) in [5.74, 6) is -0.346. The number of fused-ring (bicyclic) bond motifs is 1. The zero-order chi connectivity index (χ0) is 22.1. The second-order valence-corrected chi connectivity index (χ2v) is 7.83. The number of hydrogen-bond acceptors (Lipinski definition) is 7. The molecule has 0 unspecified atom stereocenters. The highest BCUT2D eigenvalue weighted by atomic mass is 32.1. The van der Waals surface area contributed by atoms with Crippen molar-refractivity contribution in [1.29, 1.82) is 0 Å². The van der Waals surface area contributed by atoms with E-state index in [1.165, 1.54) is 50.1 Å². The summed E-state index contributed by atoms with van der Waals surface area (Å²) in [6.07, 6.45) is 1.41. The lowest BCUT2D eigenvalue weighted by Gasteiger charge is -2.15. The van der Waals surface area contributed by atoms with Gasteiger partial charge in [-0.25, -0.2) is 19.2 Å². The topological polar surface area (TPSA) is 93.6 Å². The fraction of sp³-hybridized carbons (Fsp3) is 0.136. The third kappa shape index (κ3) is 3.75. The van der Waals surface area contributed by atoms with Crippen molar-refractivity contribution in [3.05, 3.63) is 59.0 Å². The summed E-state index contributed by atoms with van der Waals surface area (Å²) in [6, 6.07) is 9.12. The number of halogens is 1. The van der Waals surface area contributed by atoms with Crippen molar-refractivity contribution in [3.63, 3.8) is 0 Å². The molecule has 0 atom stereocenters. The number of carboxylic acids is 1. The highest BCUT2D eigenvalue weighted by Gasteiger charge is 2.21. The molecular formula is C22H18FN3O4S. The van der Waals surface area contributed by atoms with Gasteiger partial charge in [0.2, 0.25) is 0 Å². The van der Waals surface area contributed by atoms with Crippen LogP contribution < -0.4 is 14.8 Å². The maximum absolute atomic E-state index is 13.5. The van der Waals surface area contributed by atoms with E-state index in [2.05, 4.69) is 15.3 Å². The first-order valence-electron chi connectivity index (χ1n) is 9.19. The SMILES string of the molecule is COc1cc(Nc2ncnc3sc(C)c(-c4ccc(F)cc4)c23)c(C(=O)O)cc1OC. The molecule has 0 amide bonds. The first-order valence-corrected chi connectivity index (χ1v) is 10.0. The Morgan fingerprint density at radius 1 is 1.10 bits per heavy atom. The molecule has 31 heavy (non-hydrogen) atoms. The molecule has 9 heteroatoms. The molecule has 0 aliphatic heterocycles. The van der Waals surface area contributed by atoms with Crippen LogP contribution in [0.5, 0.6) is 11.5 Å². The molecule has 2 heterocycles. The van der Waals surface area contributed by atoms with E-state index in [-0.39, 0.29) is 11.4 Å². The van der Waals surface area contributed by atoms with Crippen LogP contribution in [0.25, 0.3) is 21.3 Å². The van der Waals surface area contributed by atoms with E-state index in [0.29, 0.717) is 23.0 Å². The van der Waals surface area contributed by atoms with Crippen LogP contribution in [0.4, 0.5) is 15.9 Å². The second-order valence-electron chi connectivity index (χ2n) is 6.63. The largest absolute Gasteiger partial charge is 0.493 e. The third-order valence-electron chi connectivity index (χ3n) is 4.80. The number of aryl methyl sites for hydroxylation is 1. The van der Waals surface area contributed by atoms with Gasteiger partial charge in [-0.15, -0.1) is 11.3 Å². The van der Waals surface area contributed by atoms with Gasteiger partial charge in [-0.2, -0.15) is 0 Å². The lowest BCUT2D eigenvalue weighted by molar-refractivity contribution is 0.0697. The molecule has 0 aliphatic rings. The van der Waals surface area contributed by atoms with E-state index >= 15 is 0 Å². The minimum absolute atomic E-state index is 0.000282. The highest BCUT2D eigenvalue weighted by Crippen LogP contribution is 2.42. The molecule has 0 bridgehead atoms. The average Bonchev–Trinajstić information content (AvgIpc) is 3.10. The number of ether oxygens (including phenoxy) is 2. The number of nitrogens with zero attached hydrogens (tertiary/aromatic N) is 2. The summed E-state index contributed by atoms with van der Waals surface area (Å²) in [5, 5.41) is 13.5. The lowest BCUT2D eigenvalue weighted by Crippen LogP contribution is -2.06. The summed E-state index contributed by atoms with van der Waals surface area (Å²) < 4.78 is 24.0. The molecule has 158 valence electrons. The summed E-state index contributed by atoms with van der Waals surface area (Å²) in [5.41, 5.74) is 1.97. The summed E-state index contributed by atoms with van der Waals surface area (Å²) in [7, 11) is 2.91. The fourth-order valence-electron chi connectivity index (χ4n) is 3.39. The smallest absolute Gasteiger partial charge is 0.337 e. The van der Waals surface area contributed by atoms with Crippen molar-refractivity contribution in [2.45, 2.75) is 6.92 Å². The van der Waals surface area contributed by atoms with E-state index in [9.17, 15) is 14.3 Å². The number of carbonyl (C=O) groups is 1. The van der Waals surface area contributed by atoms with Gasteiger partial charge in [-0.05, 0) is 24.6 Å². The second kappa shape index (κ2) is 8.19. The van der Waals surface area contributed by atoms with Gasteiger partial charge in [0.05, 0.1) is 30.9 Å². The van der Waals surface area contributed by atoms with Gasteiger partial charge in [0, 0.05) is 22.6 Å². The molecule has 4 aromatic rings. The fourth-order valence-corrected chi connectivity index (χ4v) is 4.40. The minimum Gasteiger partial charge on any atom is -0.493 e.